The molecule has 4 rings (SSSR count). The zero-order valence-electron chi connectivity index (χ0n) is 25.1. The lowest BCUT2D eigenvalue weighted by Gasteiger charge is -2.47. The Hall–Kier alpha value is -4.95. The van der Waals surface area contributed by atoms with Crippen molar-refractivity contribution in [1.29, 1.82) is 0 Å². The molecule has 0 saturated carbocycles. The second-order valence-electron chi connectivity index (χ2n) is 10.4. The monoisotopic (exact) mass is 645 g/mol. The number of fused-ring (bicyclic) bond motifs is 3. The van der Waals surface area contributed by atoms with E-state index >= 15 is 0 Å². The van der Waals surface area contributed by atoms with Gasteiger partial charge in [-0.1, -0.05) is 11.8 Å². The van der Waals surface area contributed by atoms with Crippen molar-refractivity contribution in [3.63, 3.8) is 0 Å². The van der Waals surface area contributed by atoms with Gasteiger partial charge in [-0.15, -0.1) is 0 Å². The summed E-state index contributed by atoms with van der Waals surface area (Å²) in [6.07, 6.45) is -7.14. The molecule has 2 bridgehead atoms. The Bertz CT molecular complexity index is 1540. The smallest absolute Gasteiger partial charge is 0.338 e. The summed E-state index contributed by atoms with van der Waals surface area (Å²) < 4.78 is 32.8. The molecule has 0 radical (unpaired) electrons. The van der Waals surface area contributed by atoms with Gasteiger partial charge in [-0.25, -0.2) is 14.6 Å². The van der Waals surface area contributed by atoms with E-state index in [2.05, 4.69) is 16.8 Å². The fraction of sp³-hybridized carbons (Fsp3) is 0.433. The van der Waals surface area contributed by atoms with Gasteiger partial charge in [0.15, 0.2) is 29.0 Å². The molecule has 2 heterocycles. The number of aromatic hydroxyl groups is 1. The van der Waals surface area contributed by atoms with E-state index < -0.39 is 61.2 Å². The van der Waals surface area contributed by atoms with Gasteiger partial charge in [0.1, 0.15) is 36.6 Å². The zero-order chi connectivity index (χ0) is 33.8. The fourth-order valence-electron chi connectivity index (χ4n) is 5.06. The molecule has 2 aromatic carbocycles. The molecule has 6 atom stereocenters. The molecule has 1 fully saturated rings. The maximum atomic E-state index is 13.0. The minimum absolute atomic E-state index is 0.0219. The number of benzene rings is 2. The van der Waals surface area contributed by atoms with E-state index in [9.17, 15) is 35.1 Å². The molecule has 248 valence electrons. The number of nitrogens with two attached hydrogens (primary N) is 2. The fourth-order valence-corrected chi connectivity index (χ4v) is 5.06. The van der Waals surface area contributed by atoms with Gasteiger partial charge in [-0.3, -0.25) is 0 Å². The van der Waals surface area contributed by atoms with Crippen molar-refractivity contribution in [3.8, 4) is 40.6 Å². The zero-order valence-corrected chi connectivity index (χ0v) is 25.1. The summed E-state index contributed by atoms with van der Waals surface area (Å²) in [5.41, 5.74) is 8.86. The number of carbonyl (C=O) groups is 2. The number of rotatable bonds is 8. The summed E-state index contributed by atoms with van der Waals surface area (Å²) >= 11 is 0. The summed E-state index contributed by atoms with van der Waals surface area (Å²) in [6.45, 7) is -0.646. The molecule has 6 unspecified atom stereocenters. The highest BCUT2D eigenvalue weighted by Gasteiger charge is 2.56. The number of phenols is 1. The van der Waals surface area contributed by atoms with Crippen LogP contribution in [0, 0.1) is 11.8 Å². The maximum absolute atomic E-state index is 13.0. The number of aryl methyl sites for hydroxylation is 1. The lowest BCUT2D eigenvalue weighted by molar-refractivity contribution is -0.312. The molecule has 16 nitrogen and oxygen atoms in total. The Morgan fingerprint density at radius 1 is 1.02 bits per heavy atom. The van der Waals surface area contributed by atoms with Gasteiger partial charge in [-0.05, 0) is 42.7 Å². The van der Waals surface area contributed by atoms with Crippen molar-refractivity contribution in [2.75, 3.05) is 27.9 Å². The van der Waals surface area contributed by atoms with Crippen LogP contribution in [0.2, 0.25) is 0 Å². The Morgan fingerprint density at radius 3 is 2.24 bits per heavy atom. The number of esters is 1. The number of ether oxygens (including phenoxy) is 6. The van der Waals surface area contributed by atoms with Crippen LogP contribution in [0.25, 0.3) is 0 Å². The van der Waals surface area contributed by atoms with Gasteiger partial charge < -0.3 is 65.4 Å². The molecule has 16 heteroatoms. The highest BCUT2D eigenvalue weighted by Crippen LogP contribution is 2.40. The number of methoxy groups -OCH3 is 3. The molecular formula is C30H35N3O13. The first-order valence-corrected chi connectivity index (χ1v) is 13.9. The van der Waals surface area contributed by atoms with Gasteiger partial charge in [0.05, 0.1) is 32.5 Å². The van der Waals surface area contributed by atoms with Crippen molar-refractivity contribution in [1.82, 2.24) is 0 Å². The van der Waals surface area contributed by atoms with Crippen LogP contribution in [0.1, 0.15) is 39.1 Å². The Morgan fingerprint density at radius 2 is 1.65 bits per heavy atom. The highest BCUT2D eigenvalue weighted by molar-refractivity contribution is 5.91. The third-order valence-electron chi connectivity index (χ3n) is 7.50. The number of carboxylic acids is 1. The summed E-state index contributed by atoms with van der Waals surface area (Å²) in [5.74, 6) is 2.55. The average Bonchev–Trinajstić information content (AvgIpc) is 3.02. The lowest BCUT2D eigenvalue weighted by atomic mass is 9.81. The van der Waals surface area contributed by atoms with Gasteiger partial charge in [-0.2, -0.15) is 0 Å². The first-order valence-electron chi connectivity index (χ1n) is 13.9. The summed E-state index contributed by atoms with van der Waals surface area (Å²) in [5, 5.41) is 54.0. The van der Waals surface area contributed by atoms with Crippen LogP contribution in [-0.4, -0.2) is 108 Å². The molecule has 1 saturated heterocycles. The second kappa shape index (κ2) is 14.0. The molecule has 2 aliphatic rings. The van der Waals surface area contributed by atoms with Gasteiger partial charge >= 0.3 is 11.9 Å². The predicted molar refractivity (Wildman–Crippen MR) is 158 cm³/mol. The first kappa shape index (κ1) is 33.9. The molecule has 46 heavy (non-hydrogen) atoms. The van der Waals surface area contributed by atoms with Crippen LogP contribution in [-0.2, 0) is 15.9 Å². The number of hydrogen-bond acceptors (Lipinski definition) is 13. The van der Waals surface area contributed by atoms with Crippen molar-refractivity contribution in [2.24, 2.45) is 16.5 Å². The van der Waals surface area contributed by atoms with Crippen molar-refractivity contribution in [3.05, 3.63) is 41.0 Å². The van der Waals surface area contributed by atoms with Crippen LogP contribution in [0.15, 0.2) is 29.3 Å². The molecule has 2 aromatic rings. The third kappa shape index (κ3) is 6.97. The third-order valence-corrected chi connectivity index (χ3v) is 7.50. The van der Waals surface area contributed by atoms with Gasteiger partial charge in [0, 0.05) is 6.42 Å². The number of phenolic OH excluding ortho intramolecular Hbond substituents is 1. The quantitative estimate of drug-likeness (QED) is 0.0827. The summed E-state index contributed by atoms with van der Waals surface area (Å²) in [7, 11) is 3.83. The number of aliphatic hydroxyl groups is 3. The molecule has 2 aliphatic heterocycles. The van der Waals surface area contributed by atoms with Crippen LogP contribution in [0.3, 0.4) is 0 Å². The molecule has 9 N–H and O–H groups in total. The van der Waals surface area contributed by atoms with Crippen LogP contribution >= 0.6 is 0 Å². The summed E-state index contributed by atoms with van der Waals surface area (Å²) in [6, 6.07) is 4.14. The van der Waals surface area contributed by atoms with Crippen molar-refractivity contribution >= 4 is 17.9 Å². The topological polar surface area (TPSA) is 255 Å². The number of guanidine groups is 1. The van der Waals surface area contributed by atoms with Gasteiger partial charge in [0.25, 0.3) is 0 Å². The second-order valence-corrected chi connectivity index (χ2v) is 10.4. The van der Waals surface area contributed by atoms with E-state index in [-0.39, 0.29) is 58.7 Å². The standard InChI is InChI=1S/C30H35N3O13/c1-41-18-11-16(12-19(42-2)22(18)34)27(39)44-13-21-24(35)30(40)8-4-5-17(33-29(31)32)7-6-14-9-15(26(37)38)10-20(43-3)23(14)46-28(45-21)25(30)36/h9-12,17,21,24-25,28,34-36,40H,6-8,13H2,1-3H3,(H,37,38)(H4,31,32,33). The molecule has 0 spiro atoms. The number of hydrogen-bond donors (Lipinski definition) is 7. The van der Waals surface area contributed by atoms with Crippen LogP contribution < -0.4 is 30.4 Å². The van der Waals surface area contributed by atoms with Crippen LogP contribution in [0.4, 0.5) is 0 Å². The van der Waals surface area contributed by atoms with Crippen molar-refractivity contribution in [2.45, 2.75) is 55.5 Å². The van der Waals surface area contributed by atoms with E-state index in [4.69, 9.17) is 39.9 Å². The number of aliphatic hydroxyl groups excluding tert-OH is 2. The largest absolute Gasteiger partial charge is 0.502 e. The molecule has 0 aliphatic carbocycles. The SMILES string of the molecule is COc1cc(C(=O)OCC2OC3Oc4c(cc(C(=O)O)cc4OC)CCC(N=C(N)N)C#CCC(O)(C2O)C3O)cc(OC)c1O. The van der Waals surface area contributed by atoms with Gasteiger partial charge in [0.2, 0.25) is 12.0 Å². The Balaban J connectivity index is 1.72. The van der Waals surface area contributed by atoms with E-state index in [0.29, 0.717) is 5.56 Å². The lowest BCUT2D eigenvalue weighted by Crippen LogP contribution is -2.68. The number of aromatic carboxylic acids is 1. The predicted octanol–water partition coefficient (Wildman–Crippen LogP) is -0.488. The number of carbonyl (C=O) groups excluding carboxylic acids is 1. The number of nitrogens with zero attached hydrogens (tertiary/aromatic N) is 1. The Kier molecular flexibility index (Phi) is 10.3. The van der Waals surface area contributed by atoms with E-state index in [1.165, 1.54) is 45.6 Å². The minimum atomic E-state index is -2.39. The van der Waals surface area contributed by atoms with E-state index in [1.807, 2.05) is 0 Å². The van der Waals surface area contributed by atoms with E-state index in [0.717, 1.165) is 0 Å². The number of carboxylic acid groups (broad SMARTS) is 1. The van der Waals surface area contributed by atoms with Crippen LogP contribution in [0.5, 0.6) is 28.7 Å². The number of aliphatic imine (C=N–C) groups is 1. The molecular weight excluding hydrogens is 610 g/mol. The highest BCUT2D eigenvalue weighted by atomic mass is 16.7. The molecule has 0 amide bonds. The Labute approximate surface area is 263 Å². The average molecular weight is 646 g/mol. The maximum Gasteiger partial charge on any atom is 0.338 e. The summed E-state index contributed by atoms with van der Waals surface area (Å²) in [4.78, 5) is 28.9. The minimum Gasteiger partial charge on any atom is -0.502 e. The molecule has 0 aromatic heterocycles. The first-order chi connectivity index (χ1) is 21.8. The normalized spacial score (nSPS) is 25.5. The van der Waals surface area contributed by atoms with E-state index in [1.54, 1.807) is 0 Å². The van der Waals surface area contributed by atoms with Crippen molar-refractivity contribution < 1.29 is 63.5 Å².